The summed E-state index contributed by atoms with van der Waals surface area (Å²) in [5.41, 5.74) is 0.390. The van der Waals surface area contributed by atoms with Gasteiger partial charge < -0.3 is 9.84 Å². The third-order valence-corrected chi connectivity index (χ3v) is 2.99. The molecule has 0 spiro atoms. The van der Waals surface area contributed by atoms with Gasteiger partial charge in [0.1, 0.15) is 23.5 Å². The van der Waals surface area contributed by atoms with Crippen molar-refractivity contribution < 1.29 is 27.4 Å². The van der Waals surface area contributed by atoms with Gasteiger partial charge in [-0.1, -0.05) is 12.1 Å². The van der Waals surface area contributed by atoms with Crippen LogP contribution < -0.4 is 4.74 Å². The van der Waals surface area contributed by atoms with Crippen molar-refractivity contribution in [1.82, 2.24) is 0 Å². The molecule has 1 N–H and O–H groups in total. The molecule has 0 aliphatic heterocycles. The van der Waals surface area contributed by atoms with E-state index in [1.807, 2.05) is 0 Å². The van der Waals surface area contributed by atoms with Crippen LogP contribution in [0.25, 0.3) is 0 Å². The lowest BCUT2D eigenvalue weighted by atomic mass is 9.99. The molecule has 2 aromatic carbocycles. The fraction of sp³-hybridized carbons (Fsp3) is 0.200. The van der Waals surface area contributed by atoms with Crippen molar-refractivity contribution >= 4 is 0 Å². The second-order valence-electron chi connectivity index (χ2n) is 4.47. The van der Waals surface area contributed by atoms with E-state index in [-0.39, 0.29) is 22.4 Å². The van der Waals surface area contributed by atoms with Gasteiger partial charge in [-0.3, -0.25) is 0 Å². The van der Waals surface area contributed by atoms with E-state index in [9.17, 15) is 22.7 Å². The molecule has 2 aromatic rings. The van der Waals surface area contributed by atoms with Crippen molar-refractivity contribution in [2.75, 3.05) is 0 Å². The summed E-state index contributed by atoms with van der Waals surface area (Å²) in [4.78, 5) is 0. The van der Waals surface area contributed by atoms with Gasteiger partial charge in [-0.15, -0.1) is 0 Å². The van der Waals surface area contributed by atoms with E-state index in [0.29, 0.717) is 6.07 Å². The molecule has 0 aromatic heterocycles. The molecule has 21 heavy (non-hydrogen) atoms. The SMILES string of the molecule is Cc1cc(C(O)c2ccc(OC(F)F)cc2)c(F)cc1F. The Kier molecular flexibility index (Phi) is 4.47. The Morgan fingerprint density at radius 2 is 1.62 bits per heavy atom. The van der Waals surface area contributed by atoms with Gasteiger partial charge in [0.05, 0.1) is 0 Å². The number of benzene rings is 2. The molecule has 0 heterocycles. The molecule has 0 saturated heterocycles. The monoisotopic (exact) mass is 300 g/mol. The van der Waals surface area contributed by atoms with Crippen LogP contribution in [-0.2, 0) is 0 Å². The summed E-state index contributed by atoms with van der Waals surface area (Å²) >= 11 is 0. The zero-order chi connectivity index (χ0) is 15.6. The highest BCUT2D eigenvalue weighted by molar-refractivity contribution is 5.36. The predicted octanol–water partition coefficient (Wildman–Crippen LogP) is 3.96. The Morgan fingerprint density at radius 3 is 2.19 bits per heavy atom. The lowest BCUT2D eigenvalue weighted by Crippen LogP contribution is -2.05. The van der Waals surface area contributed by atoms with Crippen LogP contribution in [-0.4, -0.2) is 11.7 Å². The van der Waals surface area contributed by atoms with Gasteiger partial charge in [-0.2, -0.15) is 8.78 Å². The molecule has 0 bridgehead atoms. The quantitative estimate of drug-likeness (QED) is 0.866. The van der Waals surface area contributed by atoms with Gasteiger partial charge >= 0.3 is 6.61 Å². The molecular weight excluding hydrogens is 288 g/mol. The van der Waals surface area contributed by atoms with Crippen LogP contribution in [0, 0.1) is 18.6 Å². The lowest BCUT2D eigenvalue weighted by molar-refractivity contribution is -0.0498. The van der Waals surface area contributed by atoms with Crippen molar-refractivity contribution in [3.05, 3.63) is 64.7 Å². The fourth-order valence-electron chi connectivity index (χ4n) is 1.90. The lowest BCUT2D eigenvalue weighted by Gasteiger charge is -2.14. The number of alkyl halides is 2. The first-order valence-corrected chi connectivity index (χ1v) is 6.07. The number of ether oxygens (including phenoxy) is 1. The smallest absolute Gasteiger partial charge is 0.387 e. The van der Waals surface area contributed by atoms with Gasteiger partial charge in [-0.05, 0) is 36.2 Å². The second-order valence-corrected chi connectivity index (χ2v) is 4.47. The van der Waals surface area contributed by atoms with Crippen molar-refractivity contribution in [2.24, 2.45) is 0 Å². The highest BCUT2D eigenvalue weighted by Gasteiger charge is 2.17. The zero-order valence-corrected chi connectivity index (χ0v) is 11.0. The molecular formula is C15H12F4O2. The van der Waals surface area contributed by atoms with E-state index >= 15 is 0 Å². The molecule has 0 fully saturated rings. The first-order chi connectivity index (χ1) is 9.88. The second kappa shape index (κ2) is 6.13. The van der Waals surface area contributed by atoms with Gasteiger partial charge in [-0.25, -0.2) is 8.78 Å². The fourth-order valence-corrected chi connectivity index (χ4v) is 1.90. The molecule has 0 aliphatic rings. The standard InChI is InChI=1S/C15H12F4O2/c1-8-6-11(13(17)7-12(8)16)14(20)9-2-4-10(5-3-9)21-15(18)19/h2-7,14-15,20H,1H3. The summed E-state index contributed by atoms with van der Waals surface area (Å²) in [6.07, 6.45) is -1.33. The van der Waals surface area contributed by atoms with Gasteiger partial charge in [0.15, 0.2) is 0 Å². The van der Waals surface area contributed by atoms with Gasteiger partial charge in [0.25, 0.3) is 0 Å². The van der Waals surface area contributed by atoms with Crippen molar-refractivity contribution in [3.8, 4) is 5.75 Å². The van der Waals surface area contributed by atoms with Crippen LogP contribution >= 0.6 is 0 Å². The molecule has 2 rings (SSSR count). The third kappa shape index (κ3) is 3.52. The Hall–Kier alpha value is -2.08. The molecule has 0 aliphatic carbocycles. The normalized spacial score (nSPS) is 12.5. The van der Waals surface area contributed by atoms with Crippen LogP contribution in [0.2, 0.25) is 0 Å². The minimum Gasteiger partial charge on any atom is -0.435 e. The molecule has 1 unspecified atom stereocenters. The number of hydrogen-bond acceptors (Lipinski definition) is 2. The van der Waals surface area contributed by atoms with Crippen LogP contribution in [0.15, 0.2) is 36.4 Å². The topological polar surface area (TPSA) is 29.5 Å². The summed E-state index contributed by atoms with van der Waals surface area (Å²) in [6.45, 7) is -1.50. The molecule has 0 amide bonds. The molecule has 0 saturated carbocycles. The predicted molar refractivity (Wildman–Crippen MR) is 68.2 cm³/mol. The number of aryl methyl sites for hydroxylation is 1. The van der Waals surface area contributed by atoms with Crippen molar-refractivity contribution in [3.63, 3.8) is 0 Å². The Morgan fingerprint density at radius 1 is 1.00 bits per heavy atom. The van der Waals surface area contributed by atoms with E-state index in [4.69, 9.17) is 0 Å². The first-order valence-electron chi connectivity index (χ1n) is 6.07. The third-order valence-electron chi connectivity index (χ3n) is 2.99. The van der Waals surface area contributed by atoms with E-state index in [1.165, 1.54) is 37.3 Å². The highest BCUT2D eigenvalue weighted by atomic mass is 19.3. The summed E-state index contributed by atoms with van der Waals surface area (Å²) in [5, 5.41) is 10.1. The number of halogens is 4. The number of aliphatic hydroxyl groups is 1. The molecule has 6 heteroatoms. The largest absolute Gasteiger partial charge is 0.435 e. The highest BCUT2D eigenvalue weighted by Crippen LogP contribution is 2.28. The maximum absolute atomic E-state index is 13.7. The number of rotatable bonds is 4. The minimum absolute atomic E-state index is 0.0725. The maximum atomic E-state index is 13.7. The van der Waals surface area contributed by atoms with E-state index in [1.54, 1.807) is 0 Å². The zero-order valence-electron chi connectivity index (χ0n) is 11.0. The summed E-state index contributed by atoms with van der Waals surface area (Å²) in [7, 11) is 0. The van der Waals surface area contributed by atoms with Crippen LogP contribution in [0.5, 0.6) is 5.75 Å². The minimum atomic E-state index is -2.95. The Balaban J connectivity index is 2.27. The summed E-state index contributed by atoms with van der Waals surface area (Å²) < 4.78 is 55.1. The number of aliphatic hydroxyl groups excluding tert-OH is 1. The van der Waals surface area contributed by atoms with Gasteiger partial charge in [0.2, 0.25) is 0 Å². The van der Waals surface area contributed by atoms with Crippen LogP contribution in [0.4, 0.5) is 17.6 Å². The maximum Gasteiger partial charge on any atom is 0.387 e. The van der Waals surface area contributed by atoms with Crippen molar-refractivity contribution in [1.29, 1.82) is 0 Å². The Labute approximate surface area is 118 Å². The summed E-state index contributed by atoms with van der Waals surface area (Å²) in [5.74, 6) is -1.65. The first kappa shape index (κ1) is 15.3. The molecule has 2 nitrogen and oxygen atoms in total. The molecule has 1 atom stereocenters. The average Bonchev–Trinajstić information content (AvgIpc) is 2.42. The van der Waals surface area contributed by atoms with E-state index in [0.717, 1.165) is 0 Å². The van der Waals surface area contributed by atoms with Gasteiger partial charge in [0, 0.05) is 11.6 Å². The van der Waals surface area contributed by atoms with E-state index in [2.05, 4.69) is 4.74 Å². The number of hydrogen-bond donors (Lipinski definition) is 1. The summed E-state index contributed by atoms with van der Waals surface area (Å²) in [6, 6.07) is 7.04. The van der Waals surface area contributed by atoms with E-state index < -0.39 is 24.3 Å². The van der Waals surface area contributed by atoms with Crippen LogP contribution in [0.1, 0.15) is 22.8 Å². The Bertz CT molecular complexity index is 626. The van der Waals surface area contributed by atoms with Crippen LogP contribution in [0.3, 0.4) is 0 Å². The molecule has 112 valence electrons. The van der Waals surface area contributed by atoms with Crippen molar-refractivity contribution in [2.45, 2.75) is 19.6 Å². The average molecular weight is 300 g/mol. The molecule has 0 radical (unpaired) electrons.